The van der Waals surface area contributed by atoms with E-state index in [9.17, 15) is 30.6 Å². The Labute approximate surface area is 170 Å². The molecular weight excluding hydrogens is 396 g/mol. The number of benzene rings is 2. The fourth-order valence-electron chi connectivity index (χ4n) is 3.32. The lowest BCUT2D eigenvalue weighted by atomic mass is 10.00. The van der Waals surface area contributed by atoms with E-state index < -0.39 is 30.7 Å². The summed E-state index contributed by atoms with van der Waals surface area (Å²) in [6.45, 7) is 1.52. The Morgan fingerprint density at radius 1 is 0.867 bits per heavy atom. The molecule has 1 aliphatic rings. The second-order valence-corrected chi connectivity index (χ2v) is 7.16. The first-order valence-corrected chi connectivity index (χ1v) is 9.23. The van der Waals surface area contributed by atoms with E-state index >= 15 is 0 Å². The van der Waals surface area contributed by atoms with E-state index in [1.165, 1.54) is 31.2 Å². The maximum Gasteiger partial charge on any atom is 0.402 e. The second-order valence-electron chi connectivity index (χ2n) is 7.16. The van der Waals surface area contributed by atoms with Crippen LogP contribution in [0, 0.1) is 0 Å². The molecule has 1 aliphatic heterocycles. The van der Waals surface area contributed by atoms with Gasteiger partial charge < -0.3 is 40.1 Å². The van der Waals surface area contributed by atoms with E-state index in [1.807, 2.05) is 0 Å². The zero-order chi connectivity index (χ0) is 21.6. The van der Waals surface area contributed by atoms with Crippen molar-refractivity contribution in [1.82, 2.24) is 0 Å². The molecule has 0 radical (unpaired) electrons. The zero-order valence-corrected chi connectivity index (χ0v) is 15.8. The van der Waals surface area contributed by atoms with E-state index in [4.69, 9.17) is 13.9 Å². The first-order chi connectivity index (χ1) is 14.2. The smallest absolute Gasteiger partial charge is 0.402 e. The van der Waals surface area contributed by atoms with Gasteiger partial charge in [-0.1, -0.05) is 0 Å². The van der Waals surface area contributed by atoms with Crippen molar-refractivity contribution in [1.29, 1.82) is 0 Å². The Hall–Kier alpha value is -3.11. The molecule has 9 heteroatoms. The number of aliphatic hydroxyl groups excluding tert-OH is 3. The maximum absolute atomic E-state index is 10.3. The fourth-order valence-corrected chi connectivity index (χ4v) is 3.32. The highest BCUT2D eigenvalue weighted by Crippen LogP contribution is 2.40. The number of aliphatic hydroxyl groups is 3. The van der Waals surface area contributed by atoms with Gasteiger partial charge in [0, 0.05) is 12.1 Å². The van der Waals surface area contributed by atoms with E-state index in [0.717, 1.165) is 6.07 Å². The molecule has 0 aliphatic carbocycles. The van der Waals surface area contributed by atoms with Gasteiger partial charge in [0.15, 0.2) is 0 Å². The molecule has 1 fully saturated rings. The number of fused-ring (bicyclic) bond motifs is 1. The number of ether oxygens (including phenoxy) is 2. The van der Waals surface area contributed by atoms with Crippen molar-refractivity contribution in [3.63, 3.8) is 0 Å². The number of phenols is 3. The molecular formula is C21H21O9+. The molecule has 0 amide bonds. The van der Waals surface area contributed by atoms with Crippen LogP contribution in [0.1, 0.15) is 6.92 Å². The van der Waals surface area contributed by atoms with Gasteiger partial charge in [0.1, 0.15) is 40.9 Å². The molecule has 158 valence electrons. The van der Waals surface area contributed by atoms with E-state index in [-0.39, 0.29) is 39.7 Å². The summed E-state index contributed by atoms with van der Waals surface area (Å²) in [6.07, 6.45) is -6.47. The standard InChI is InChI=1S/C21H20O9/c1-9-17(25)18(26)19(27)21(28-9)30-16-8-13-14(24)6-12(23)7-15(13)29-20(16)10-2-4-11(22)5-3-10/h2-9,17-19,21,25-27H,1H3,(H2-,22,23,24)/p+1/t9-,17-,18+,19+,21-/m0/s1. The largest absolute Gasteiger partial charge is 0.508 e. The van der Waals surface area contributed by atoms with Crippen LogP contribution in [-0.2, 0) is 4.74 Å². The van der Waals surface area contributed by atoms with Crippen molar-refractivity contribution in [2.75, 3.05) is 0 Å². The summed E-state index contributed by atoms with van der Waals surface area (Å²) in [6, 6.07) is 9.89. The van der Waals surface area contributed by atoms with Crippen molar-refractivity contribution < 1.29 is 44.5 Å². The van der Waals surface area contributed by atoms with Crippen LogP contribution < -0.4 is 4.74 Å². The third-order valence-electron chi connectivity index (χ3n) is 5.00. The predicted molar refractivity (Wildman–Crippen MR) is 104 cm³/mol. The predicted octanol–water partition coefficient (Wildman–Crippen LogP) is 1.70. The molecule has 3 aromatic rings. The Morgan fingerprint density at radius 2 is 1.57 bits per heavy atom. The van der Waals surface area contributed by atoms with Crippen molar-refractivity contribution in [3.8, 4) is 34.3 Å². The normalized spacial score (nSPS) is 26.6. The van der Waals surface area contributed by atoms with Gasteiger partial charge >= 0.3 is 11.3 Å². The average Bonchev–Trinajstić information content (AvgIpc) is 2.71. The first kappa shape index (κ1) is 20.2. The van der Waals surface area contributed by atoms with Crippen molar-refractivity contribution >= 4 is 11.0 Å². The number of hydrogen-bond acceptors (Lipinski definition) is 8. The topological polar surface area (TPSA) is 151 Å². The minimum absolute atomic E-state index is 0.0364. The van der Waals surface area contributed by atoms with Crippen LogP contribution in [0.2, 0.25) is 0 Å². The lowest BCUT2D eigenvalue weighted by molar-refractivity contribution is -0.268. The third-order valence-corrected chi connectivity index (χ3v) is 5.00. The van der Waals surface area contributed by atoms with Crippen LogP contribution in [0.25, 0.3) is 22.3 Å². The molecule has 4 rings (SSSR count). The van der Waals surface area contributed by atoms with Crippen molar-refractivity contribution in [2.24, 2.45) is 0 Å². The number of phenolic OH excluding ortho intramolecular Hbond substituents is 3. The quantitative estimate of drug-likeness (QED) is 0.350. The molecule has 30 heavy (non-hydrogen) atoms. The maximum atomic E-state index is 10.3. The Kier molecular flexibility index (Phi) is 5.12. The number of rotatable bonds is 3. The van der Waals surface area contributed by atoms with Gasteiger partial charge in [-0.05, 0) is 31.2 Å². The van der Waals surface area contributed by atoms with Gasteiger partial charge in [-0.15, -0.1) is 0 Å². The molecule has 5 atom stereocenters. The Bertz CT molecular complexity index is 1070. The monoisotopic (exact) mass is 417 g/mol. The number of aromatic hydroxyl groups is 3. The average molecular weight is 417 g/mol. The minimum Gasteiger partial charge on any atom is -0.508 e. The molecule has 0 bridgehead atoms. The molecule has 2 heterocycles. The summed E-state index contributed by atoms with van der Waals surface area (Å²) in [7, 11) is 0. The van der Waals surface area contributed by atoms with Gasteiger partial charge in [0.25, 0.3) is 0 Å². The van der Waals surface area contributed by atoms with Crippen LogP contribution >= 0.6 is 0 Å². The van der Waals surface area contributed by atoms with Crippen molar-refractivity contribution in [3.05, 3.63) is 42.5 Å². The molecule has 0 spiro atoms. The fraction of sp³-hybridized carbons (Fsp3) is 0.286. The van der Waals surface area contributed by atoms with Gasteiger partial charge in [-0.3, -0.25) is 0 Å². The summed E-state index contributed by atoms with van der Waals surface area (Å²) in [5, 5.41) is 60.0. The van der Waals surface area contributed by atoms with Gasteiger partial charge in [-0.25, -0.2) is 4.42 Å². The summed E-state index contributed by atoms with van der Waals surface area (Å²) >= 11 is 0. The Morgan fingerprint density at radius 3 is 2.27 bits per heavy atom. The highest BCUT2D eigenvalue weighted by Gasteiger charge is 2.44. The van der Waals surface area contributed by atoms with E-state index in [1.54, 1.807) is 12.1 Å². The summed E-state index contributed by atoms with van der Waals surface area (Å²) in [5.74, 6) is -0.198. The lowest BCUT2D eigenvalue weighted by Gasteiger charge is -2.38. The van der Waals surface area contributed by atoms with Crippen LogP contribution in [0.15, 0.2) is 46.9 Å². The lowest BCUT2D eigenvalue weighted by Crippen LogP contribution is -2.58. The molecule has 1 aromatic heterocycles. The second kappa shape index (κ2) is 7.62. The highest BCUT2D eigenvalue weighted by molar-refractivity contribution is 5.88. The molecule has 0 saturated carbocycles. The molecule has 6 N–H and O–H groups in total. The summed E-state index contributed by atoms with van der Waals surface area (Å²) in [5.41, 5.74) is 0.656. The van der Waals surface area contributed by atoms with Crippen LogP contribution in [0.4, 0.5) is 0 Å². The molecule has 9 nitrogen and oxygen atoms in total. The molecule has 1 saturated heterocycles. The minimum atomic E-state index is -1.55. The highest BCUT2D eigenvalue weighted by atomic mass is 16.7. The molecule has 0 unspecified atom stereocenters. The third kappa shape index (κ3) is 3.59. The van der Waals surface area contributed by atoms with Gasteiger partial charge in [-0.2, -0.15) is 0 Å². The summed E-state index contributed by atoms with van der Waals surface area (Å²) in [4.78, 5) is 0. The van der Waals surface area contributed by atoms with Crippen LogP contribution in [0.3, 0.4) is 0 Å². The van der Waals surface area contributed by atoms with Gasteiger partial charge in [0.05, 0.1) is 17.7 Å². The molecule has 2 aromatic carbocycles. The van der Waals surface area contributed by atoms with Gasteiger partial charge in [0.2, 0.25) is 12.0 Å². The van der Waals surface area contributed by atoms with E-state index in [2.05, 4.69) is 0 Å². The number of hydrogen-bond donors (Lipinski definition) is 6. The van der Waals surface area contributed by atoms with E-state index in [0.29, 0.717) is 5.56 Å². The van der Waals surface area contributed by atoms with Crippen molar-refractivity contribution in [2.45, 2.75) is 37.6 Å². The zero-order valence-electron chi connectivity index (χ0n) is 15.8. The van der Waals surface area contributed by atoms with Crippen LogP contribution in [-0.4, -0.2) is 61.3 Å². The SMILES string of the molecule is C[C@@H]1O[C@@H](Oc2cc3c(O)cc(O)cc3[o+]c2-c2ccc(O)cc2)[C@H](O)[C@H](O)[C@H]1O. The Balaban J connectivity index is 1.82. The van der Waals surface area contributed by atoms with Crippen LogP contribution in [0.5, 0.6) is 23.0 Å². The first-order valence-electron chi connectivity index (χ1n) is 9.23. The summed E-state index contributed by atoms with van der Waals surface area (Å²) < 4.78 is 17.1.